The lowest BCUT2D eigenvalue weighted by Crippen LogP contribution is -2.45. The summed E-state index contributed by atoms with van der Waals surface area (Å²) in [6.07, 6.45) is 5.26. The van der Waals surface area contributed by atoms with Gasteiger partial charge in [-0.05, 0) is 32.8 Å². The van der Waals surface area contributed by atoms with Crippen LogP contribution in [0.4, 0.5) is 14.7 Å². The molecule has 2 aliphatic rings. The molecule has 0 bridgehead atoms. The normalized spacial score (nSPS) is 20.9. The molecule has 214 valence electrons. The van der Waals surface area contributed by atoms with E-state index in [1.54, 1.807) is 18.5 Å². The van der Waals surface area contributed by atoms with Crippen LogP contribution < -0.4 is 10.2 Å². The number of nitrogens with zero attached hydrogens (tertiary/aromatic N) is 5. The summed E-state index contributed by atoms with van der Waals surface area (Å²) in [5, 5.41) is 14.3. The molecule has 3 atom stereocenters. The number of anilines is 1. The number of aromatic carboxylic acids is 1. The first kappa shape index (κ1) is 28.6. The highest BCUT2D eigenvalue weighted by atomic mass is 35.5. The molecule has 0 amide bonds. The second-order valence-corrected chi connectivity index (χ2v) is 10.8. The van der Waals surface area contributed by atoms with Crippen LogP contribution in [0.1, 0.15) is 53.7 Å². The third kappa shape index (κ3) is 5.64. The molecular weight excluding hydrogens is 578 g/mol. The van der Waals surface area contributed by atoms with Gasteiger partial charge in [0.05, 0.1) is 22.8 Å². The fourth-order valence-electron chi connectivity index (χ4n) is 5.06. The molecule has 1 fully saturated rings. The molecule has 41 heavy (non-hydrogen) atoms. The molecule has 3 aromatic rings. The minimum Gasteiger partial charge on any atom is -0.478 e. The average molecular weight is 603 g/mol. The van der Waals surface area contributed by atoms with E-state index in [1.165, 1.54) is 29.8 Å². The maximum Gasteiger partial charge on any atom is 0.338 e. The number of carbonyl (C=O) groups excluding carboxylic acids is 1. The van der Waals surface area contributed by atoms with Gasteiger partial charge in [-0.2, -0.15) is 0 Å². The number of hydrogen-bond acceptors (Lipinski definition) is 10. The van der Waals surface area contributed by atoms with E-state index in [0.717, 1.165) is 6.07 Å². The number of piperidine rings is 1. The van der Waals surface area contributed by atoms with Crippen molar-refractivity contribution in [3.63, 3.8) is 0 Å². The van der Waals surface area contributed by atoms with Gasteiger partial charge in [0.15, 0.2) is 22.5 Å². The van der Waals surface area contributed by atoms with E-state index in [0.29, 0.717) is 41.9 Å². The first-order chi connectivity index (χ1) is 19.7. The number of ether oxygens (including phenoxy) is 1. The highest BCUT2D eigenvalue weighted by molar-refractivity contribution is 7.11. The number of aromatic nitrogens is 3. The Morgan fingerprint density at radius 1 is 1.24 bits per heavy atom. The van der Waals surface area contributed by atoms with Crippen molar-refractivity contribution in [1.82, 2.24) is 20.3 Å². The molecule has 10 nitrogen and oxygen atoms in total. The van der Waals surface area contributed by atoms with Crippen molar-refractivity contribution >= 4 is 46.7 Å². The van der Waals surface area contributed by atoms with Crippen molar-refractivity contribution in [1.29, 1.82) is 0 Å². The smallest absolute Gasteiger partial charge is 0.338 e. The zero-order valence-electron chi connectivity index (χ0n) is 22.0. The fourth-order valence-corrected chi connectivity index (χ4v) is 5.90. The number of amidine groups is 1. The number of thiazole rings is 1. The summed E-state index contributed by atoms with van der Waals surface area (Å²) < 4.78 is 34.0. The summed E-state index contributed by atoms with van der Waals surface area (Å²) in [7, 11) is 0. The summed E-state index contributed by atoms with van der Waals surface area (Å²) in [6.45, 7) is 4.25. The molecule has 2 aliphatic heterocycles. The topological polar surface area (TPSA) is 130 Å². The highest BCUT2D eigenvalue weighted by Gasteiger charge is 2.39. The molecule has 4 heterocycles. The highest BCUT2D eigenvalue weighted by Crippen LogP contribution is 2.41. The van der Waals surface area contributed by atoms with Gasteiger partial charge >= 0.3 is 11.9 Å². The van der Waals surface area contributed by atoms with Crippen molar-refractivity contribution in [3.05, 3.63) is 80.2 Å². The quantitative estimate of drug-likeness (QED) is 0.290. The minimum absolute atomic E-state index is 0.0112. The van der Waals surface area contributed by atoms with Gasteiger partial charge < -0.3 is 20.1 Å². The molecule has 0 spiro atoms. The van der Waals surface area contributed by atoms with Crippen LogP contribution in [0.3, 0.4) is 0 Å². The number of carboxylic acids is 1. The van der Waals surface area contributed by atoms with E-state index in [1.807, 2.05) is 11.8 Å². The van der Waals surface area contributed by atoms with E-state index < -0.39 is 34.6 Å². The van der Waals surface area contributed by atoms with Crippen LogP contribution in [0.2, 0.25) is 5.02 Å². The van der Waals surface area contributed by atoms with E-state index in [2.05, 4.69) is 20.3 Å². The summed E-state index contributed by atoms with van der Waals surface area (Å²) in [4.78, 5) is 44.1. The monoisotopic (exact) mass is 602 g/mol. The van der Waals surface area contributed by atoms with Crippen LogP contribution >= 0.6 is 22.9 Å². The summed E-state index contributed by atoms with van der Waals surface area (Å²) in [5.74, 6) is -3.53. The molecule has 0 radical (unpaired) electrons. The molecule has 5 rings (SSSR count). The Morgan fingerprint density at radius 3 is 2.63 bits per heavy atom. The summed E-state index contributed by atoms with van der Waals surface area (Å²) in [5.41, 5.74) is 0.817. The number of nitrogens with one attached hydrogen (secondary N) is 1. The van der Waals surface area contributed by atoms with Crippen LogP contribution in [0.25, 0.3) is 0 Å². The number of benzene rings is 1. The lowest BCUT2D eigenvalue weighted by Gasteiger charge is -2.40. The third-order valence-electron chi connectivity index (χ3n) is 6.99. The number of carbonyl (C=O) groups is 2. The van der Waals surface area contributed by atoms with Crippen LogP contribution in [0.15, 0.2) is 52.4 Å². The van der Waals surface area contributed by atoms with E-state index in [9.17, 15) is 18.4 Å². The van der Waals surface area contributed by atoms with Gasteiger partial charge in [-0.1, -0.05) is 17.7 Å². The second kappa shape index (κ2) is 11.9. The Kier molecular flexibility index (Phi) is 8.27. The van der Waals surface area contributed by atoms with Gasteiger partial charge in [-0.15, -0.1) is 11.3 Å². The van der Waals surface area contributed by atoms with Gasteiger partial charge in [0.2, 0.25) is 5.95 Å². The number of hydrogen-bond donors (Lipinski definition) is 2. The number of esters is 1. The molecule has 1 saturated heterocycles. The molecule has 0 saturated carbocycles. The van der Waals surface area contributed by atoms with Crippen LogP contribution in [-0.4, -0.2) is 57.0 Å². The Balaban J connectivity index is 1.55. The average Bonchev–Trinajstić information content (AvgIpc) is 3.51. The molecule has 2 N–H and O–H groups in total. The zero-order valence-corrected chi connectivity index (χ0v) is 23.5. The van der Waals surface area contributed by atoms with Gasteiger partial charge in [-0.25, -0.2) is 33.3 Å². The minimum atomic E-state index is -1.23. The van der Waals surface area contributed by atoms with E-state index in [-0.39, 0.29) is 35.3 Å². The van der Waals surface area contributed by atoms with Crippen molar-refractivity contribution in [2.45, 2.75) is 38.8 Å². The molecule has 2 aromatic heterocycles. The largest absolute Gasteiger partial charge is 0.478 e. The first-order valence-corrected chi connectivity index (χ1v) is 14.1. The Bertz CT molecular complexity index is 1530. The molecule has 0 aliphatic carbocycles. The maximum atomic E-state index is 14.6. The molecule has 3 unspecified atom stereocenters. The van der Waals surface area contributed by atoms with Crippen molar-refractivity contribution < 1.29 is 28.2 Å². The lowest BCUT2D eigenvalue weighted by atomic mass is 9.83. The predicted molar refractivity (Wildman–Crippen MR) is 148 cm³/mol. The number of allylic oxidation sites excluding steroid dienone is 1. The predicted octanol–water partition coefficient (Wildman–Crippen LogP) is 4.78. The molecular formula is C27H25ClF2N6O4S. The van der Waals surface area contributed by atoms with E-state index in [4.69, 9.17) is 26.4 Å². The van der Waals surface area contributed by atoms with Gasteiger partial charge in [-0.3, -0.25) is 4.99 Å². The second-order valence-electron chi connectivity index (χ2n) is 9.50. The van der Waals surface area contributed by atoms with Crippen molar-refractivity contribution in [2.24, 2.45) is 10.9 Å². The molecule has 1 aromatic carbocycles. The Morgan fingerprint density at radius 2 is 2.00 bits per heavy atom. The lowest BCUT2D eigenvalue weighted by molar-refractivity contribution is -0.139. The molecule has 14 heteroatoms. The first-order valence-electron chi connectivity index (χ1n) is 12.8. The number of carboxylic acid groups (broad SMARTS) is 1. The number of rotatable bonds is 7. The Labute approximate surface area is 242 Å². The van der Waals surface area contributed by atoms with Crippen LogP contribution in [-0.2, 0) is 9.53 Å². The number of aliphatic imine (C=N–C) groups is 1. The SMILES string of the molecule is CCOC(=O)C1=C(C2CCN(c3ncc(C(=O)O)cn3)C(C)C2)NC(c2nccs2)=NC1c1ccc(F)c(F)c1Cl. The fraction of sp³-hybridized carbons (Fsp3) is 0.333. The van der Waals surface area contributed by atoms with Gasteiger partial charge in [0.1, 0.15) is 6.04 Å². The Hall–Kier alpha value is -3.97. The van der Waals surface area contributed by atoms with Crippen molar-refractivity contribution in [2.75, 3.05) is 18.1 Å². The van der Waals surface area contributed by atoms with E-state index >= 15 is 0 Å². The number of halogens is 3. The zero-order chi connectivity index (χ0) is 29.3. The third-order valence-corrected chi connectivity index (χ3v) is 8.16. The van der Waals surface area contributed by atoms with Gasteiger partial charge in [0.25, 0.3) is 0 Å². The summed E-state index contributed by atoms with van der Waals surface area (Å²) in [6, 6.07) is 1.09. The van der Waals surface area contributed by atoms with Gasteiger partial charge in [0, 0.05) is 53.7 Å². The maximum absolute atomic E-state index is 14.6. The van der Waals surface area contributed by atoms with Crippen LogP contribution in [0.5, 0.6) is 0 Å². The summed E-state index contributed by atoms with van der Waals surface area (Å²) >= 11 is 7.61. The standard InChI is InChI=1S/C27H25ClF2N6O4S/c1-3-40-26(39)18-21(14-6-8-36(13(2)10-14)27-32-11-15(12-33-27)25(37)38)34-23(24-31-7-9-41-24)35-22(18)16-4-5-17(29)20(30)19(16)28/h4-5,7,9,11-14,22H,3,6,8,10H2,1-2H3,(H,34,35)(H,37,38). The van der Waals surface area contributed by atoms with Crippen LogP contribution in [0, 0.1) is 17.6 Å². The van der Waals surface area contributed by atoms with Crippen molar-refractivity contribution in [3.8, 4) is 0 Å².